The van der Waals surface area contributed by atoms with E-state index in [4.69, 9.17) is 14.9 Å². The fourth-order valence-electron chi connectivity index (χ4n) is 0.699. The van der Waals surface area contributed by atoms with Gasteiger partial charge in [-0.15, -0.1) is 0 Å². The predicted octanol–water partition coefficient (Wildman–Crippen LogP) is 0.548. The Morgan fingerprint density at radius 2 is 2.25 bits per heavy atom. The maximum atomic E-state index is 8.87. The smallest absolute Gasteiger partial charge is 0.213 e. The molecule has 0 aliphatic heterocycles. The highest BCUT2D eigenvalue weighted by atomic mass is 16.5. The Morgan fingerprint density at radius 1 is 1.42 bits per heavy atom. The highest BCUT2D eigenvalue weighted by Crippen LogP contribution is 2.11. The van der Waals surface area contributed by atoms with E-state index < -0.39 is 0 Å². The monoisotopic (exact) mass is 169 g/mol. The average Bonchev–Trinajstić information content (AvgIpc) is 2.09. The fourth-order valence-corrected chi connectivity index (χ4v) is 0.699. The number of pyridine rings is 1. The van der Waals surface area contributed by atoms with E-state index >= 15 is 0 Å². The number of ether oxygens (including phenoxy) is 1. The maximum Gasteiger partial charge on any atom is 0.213 e. The summed E-state index contributed by atoms with van der Waals surface area (Å²) in [4.78, 5) is 3.80. The zero-order chi connectivity index (χ0) is 8.81. The van der Waals surface area contributed by atoms with Crippen molar-refractivity contribution in [3.63, 3.8) is 0 Å². The van der Waals surface area contributed by atoms with Gasteiger partial charge in [-0.2, -0.15) is 0 Å². The molecule has 1 aromatic heterocycles. The average molecular weight is 169 g/mol. The molecular formula is C8H11NO3. The quantitative estimate of drug-likeness (QED) is 0.646. The van der Waals surface area contributed by atoms with Crippen LogP contribution in [0.5, 0.6) is 11.6 Å². The first-order chi connectivity index (χ1) is 5.83. The van der Waals surface area contributed by atoms with Crippen molar-refractivity contribution >= 4 is 0 Å². The molecule has 4 nitrogen and oxygen atoms in total. The lowest BCUT2D eigenvalue weighted by Gasteiger charge is -2.02. The van der Waals surface area contributed by atoms with Crippen molar-refractivity contribution in [3.05, 3.63) is 18.3 Å². The highest BCUT2D eigenvalue weighted by Gasteiger charge is 1.93. The lowest BCUT2D eigenvalue weighted by atomic mass is 10.4. The van der Waals surface area contributed by atoms with E-state index in [1.54, 1.807) is 6.07 Å². The number of aromatic hydroxyl groups is 1. The molecule has 0 saturated heterocycles. The van der Waals surface area contributed by atoms with Gasteiger partial charge in [0.05, 0.1) is 12.8 Å². The van der Waals surface area contributed by atoms with E-state index in [1.165, 1.54) is 12.3 Å². The van der Waals surface area contributed by atoms with Crippen LogP contribution in [0, 0.1) is 0 Å². The van der Waals surface area contributed by atoms with Crippen LogP contribution in [0.4, 0.5) is 0 Å². The van der Waals surface area contributed by atoms with Crippen molar-refractivity contribution < 1.29 is 14.9 Å². The summed E-state index contributed by atoms with van der Waals surface area (Å²) >= 11 is 0. The second kappa shape index (κ2) is 4.56. The molecule has 2 N–H and O–H groups in total. The van der Waals surface area contributed by atoms with Crippen molar-refractivity contribution in [2.24, 2.45) is 0 Å². The third-order valence-corrected chi connectivity index (χ3v) is 1.27. The van der Waals surface area contributed by atoms with Gasteiger partial charge in [-0.3, -0.25) is 0 Å². The van der Waals surface area contributed by atoms with Gasteiger partial charge in [-0.1, -0.05) is 0 Å². The fraction of sp³-hybridized carbons (Fsp3) is 0.375. The predicted molar refractivity (Wildman–Crippen MR) is 43.1 cm³/mol. The lowest BCUT2D eigenvalue weighted by Crippen LogP contribution is -2.00. The third-order valence-electron chi connectivity index (χ3n) is 1.27. The van der Waals surface area contributed by atoms with Crippen LogP contribution in [0.3, 0.4) is 0 Å². The Morgan fingerprint density at radius 3 is 2.83 bits per heavy atom. The van der Waals surface area contributed by atoms with Crippen molar-refractivity contribution in [3.8, 4) is 11.6 Å². The number of hydrogen-bond acceptors (Lipinski definition) is 4. The van der Waals surface area contributed by atoms with Gasteiger partial charge in [-0.05, 0) is 6.07 Å². The molecule has 12 heavy (non-hydrogen) atoms. The van der Waals surface area contributed by atoms with Crippen molar-refractivity contribution in [2.45, 2.75) is 6.42 Å². The molecule has 0 fully saturated rings. The molecule has 0 spiro atoms. The highest BCUT2D eigenvalue weighted by molar-refractivity contribution is 5.20. The van der Waals surface area contributed by atoms with Crippen LogP contribution in [0.1, 0.15) is 6.42 Å². The Kier molecular flexibility index (Phi) is 3.35. The second-order valence-electron chi connectivity index (χ2n) is 2.28. The number of hydrogen-bond donors (Lipinski definition) is 2. The van der Waals surface area contributed by atoms with Gasteiger partial charge in [-0.25, -0.2) is 4.98 Å². The molecule has 0 amide bonds. The van der Waals surface area contributed by atoms with Gasteiger partial charge in [0.25, 0.3) is 0 Å². The number of aliphatic hydroxyl groups is 1. The molecule has 1 aromatic rings. The van der Waals surface area contributed by atoms with Gasteiger partial charge in [0.2, 0.25) is 5.88 Å². The van der Waals surface area contributed by atoms with E-state index in [0.29, 0.717) is 18.9 Å². The molecule has 0 unspecified atom stereocenters. The zero-order valence-electron chi connectivity index (χ0n) is 6.60. The molecule has 66 valence electrons. The van der Waals surface area contributed by atoms with Gasteiger partial charge < -0.3 is 14.9 Å². The van der Waals surface area contributed by atoms with Crippen LogP contribution in [-0.2, 0) is 0 Å². The van der Waals surface area contributed by atoms with Crippen molar-refractivity contribution in [1.82, 2.24) is 4.98 Å². The minimum absolute atomic E-state index is 0.109. The van der Waals surface area contributed by atoms with Crippen molar-refractivity contribution in [1.29, 1.82) is 0 Å². The number of rotatable bonds is 4. The van der Waals surface area contributed by atoms with E-state index in [1.807, 2.05) is 0 Å². The van der Waals surface area contributed by atoms with Gasteiger partial charge in [0, 0.05) is 19.1 Å². The summed E-state index contributed by atoms with van der Waals surface area (Å²) in [6.07, 6.45) is 1.90. The largest absolute Gasteiger partial charge is 0.506 e. The van der Waals surface area contributed by atoms with Gasteiger partial charge >= 0.3 is 0 Å². The van der Waals surface area contributed by atoms with Crippen LogP contribution in [0.2, 0.25) is 0 Å². The van der Waals surface area contributed by atoms with E-state index in [-0.39, 0.29) is 12.4 Å². The number of nitrogens with zero attached hydrogens (tertiary/aromatic N) is 1. The first kappa shape index (κ1) is 8.80. The van der Waals surface area contributed by atoms with Crippen LogP contribution >= 0.6 is 0 Å². The van der Waals surface area contributed by atoms with Crippen LogP contribution < -0.4 is 4.74 Å². The van der Waals surface area contributed by atoms with Crippen LogP contribution in [0.25, 0.3) is 0 Å². The zero-order valence-corrected chi connectivity index (χ0v) is 6.60. The first-order valence-corrected chi connectivity index (χ1v) is 3.71. The Bertz CT molecular complexity index is 222. The molecule has 0 bridgehead atoms. The minimum Gasteiger partial charge on any atom is -0.506 e. The second-order valence-corrected chi connectivity index (χ2v) is 2.28. The Labute approximate surface area is 70.4 Å². The normalized spacial score (nSPS) is 9.75. The standard InChI is InChI=1S/C8H11NO3/c10-4-1-5-12-8-3-2-7(11)6-9-8/h2-3,6,10-11H,1,4-5H2. The Hall–Kier alpha value is -1.29. The summed E-state index contributed by atoms with van der Waals surface area (Å²) < 4.78 is 5.12. The molecule has 0 aromatic carbocycles. The molecule has 0 aliphatic rings. The molecule has 1 rings (SSSR count). The summed E-state index contributed by atoms with van der Waals surface area (Å²) in [6.45, 7) is 0.548. The first-order valence-electron chi connectivity index (χ1n) is 3.71. The maximum absolute atomic E-state index is 8.87. The summed E-state index contributed by atoms with van der Waals surface area (Å²) in [5, 5.41) is 17.3. The van der Waals surface area contributed by atoms with E-state index in [9.17, 15) is 0 Å². The topological polar surface area (TPSA) is 62.6 Å². The van der Waals surface area contributed by atoms with Crippen LogP contribution in [0.15, 0.2) is 18.3 Å². The molecule has 0 saturated carbocycles. The summed E-state index contributed by atoms with van der Waals surface area (Å²) in [5.41, 5.74) is 0. The molecule has 0 radical (unpaired) electrons. The summed E-state index contributed by atoms with van der Waals surface area (Å²) in [5.74, 6) is 0.575. The molecule has 1 heterocycles. The molecule has 0 atom stereocenters. The molecule has 0 aliphatic carbocycles. The number of aliphatic hydroxyl groups excluding tert-OH is 1. The van der Waals surface area contributed by atoms with Crippen molar-refractivity contribution in [2.75, 3.05) is 13.2 Å². The number of aromatic nitrogens is 1. The lowest BCUT2D eigenvalue weighted by molar-refractivity contribution is 0.229. The Balaban J connectivity index is 2.37. The SMILES string of the molecule is OCCCOc1ccc(O)cn1. The summed E-state index contributed by atoms with van der Waals surface area (Å²) in [7, 11) is 0. The van der Waals surface area contributed by atoms with Crippen LogP contribution in [-0.4, -0.2) is 28.4 Å². The minimum atomic E-state index is 0.109. The van der Waals surface area contributed by atoms with E-state index in [2.05, 4.69) is 4.98 Å². The third kappa shape index (κ3) is 2.75. The molecule has 4 heteroatoms. The van der Waals surface area contributed by atoms with E-state index in [0.717, 1.165) is 0 Å². The van der Waals surface area contributed by atoms with Gasteiger partial charge in [0.1, 0.15) is 5.75 Å². The van der Waals surface area contributed by atoms with Gasteiger partial charge in [0.15, 0.2) is 0 Å². The molecular weight excluding hydrogens is 158 g/mol. The summed E-state index contributed by atoms with van der Waals surface area (Å²) in [6, 6.07) is 3.08.